The van der Waals surface area contributed by atoms with Crippen LogP contribution in [0.1, 0.15) is 24.3 Å². The highest BCUT2D eigenvalue weighted by Gasteiger charge is 2.30. The first-order chi connectivity index (χ1) is 9.63. The highest BCUT2D eigenvalue weighted by atomic mass is 16.5. The number of nitrogens with zero attached hydrogens (tertiary/aromatic N) is 3. The van der Waals surface area contributed by atoms with E-state index in [1.54, 1.807) is 25.9 Å². The van der Waals surface area contributed by atoms with Crippen LogP contribution >= 0.6 is 0 Å². The quantitative estimate of drug-likeness (QED) is 0.775. The Morgan fingerprint density at radius 3 is 2.60 bits per heavy atom. The molecule has 1 heterocycles. The van der Waals surface area contributed by atoms with E-state index in [9.17, 15) is 4.79 Å². The molecule has 20 heavy (non-hydrogen) atoms. The Morgan fingerprint density at radius 2 is 2.05 bits per heavy atom. The molecule has 0 saturated heterocycles. The summed E-state index contributed by atoms with van der Waals surface area (Å²) in [5.41, 5.74) is 0.764. The van der Waals surface area contributed by atoms with Crippen molar-refractivity contribution in [3.8, 4) is 0 Å². The number of aromatic nitrogens is 2. The van der Waals surface area contributed by atoms with Crippen LogP contribution in [-0.2, 0) is 9.53 Å². The average molecular weight is 275 g/mol. The lowest BCUT2D eigenvalue weighted by atomic mass is 9.99. The molecule has 0 fully saturated rings. The average Bonchev–Trinajstić information content (AvgIpc) is 2.90. The fourth-order valence-electron chi connectivity index (χ4n) is 1.78. The lowest BCUT2D eigenvalue weighted by Crippen LogP contribution is -2.18. The minimum absolute atomic E-state index is 0.235. The summed E-state index contributed by atoms with van der Waals surface area (Å²) in [6.07, 6.45) is 0. The maximum atomic E-state index is 12.2. The van der Waals surface area contributed by atoms with E-state index in [4.69, 9.17) is 9.26 Å². The Hall–Kier alpha value is -2.37. The van der Waals surface area contributed by atoms with Crippen LogP contribution in [0.3, 0.4) is 0 Å². The Balaban J connectivity index is 2.38. The van der Waals surface area contributed by atoms with E-state index >= 15 is 0 Å². The van der Waals surface area contributed by atoms with Crippen LogP contribution in [0.25, 0.3) is 0 Å². The summed E-state index contributed by atoms with van der Waals surface area (Å²) in [6, 6.07) is 9.25. The Bertz CT molecular complexity index is 566. The Morgan fingerprint density at radius 1 is 1.35 bits per heavy atom. The maximum absolute atomic E-state index is 12.2. The van der Waals surface area contributed by atoms with Gasteiger partial charge in [-0.1, -0.05) is 30.3 Å². The van der Waals surface area contributed by atoms with Crippen LogP contribution in [0.5, 0.6) is 0 Å². The monoisotopic (exact) mass is 275 g/mol. The third-order valence-electron chi connectivity index (χ3n) is 2.73. The number of anilines is 1. The van der Waals surface area contributed by atoms with Crippen LogP contribution in [0.4, 0.5) is 5.95 Å². The Kier molecular flexibility index (Phi) is 4.34. The molecule has 0 bridgehead atoms. The van der Waals surface area contributed by atoms with E-state index in [0.29, 0.717) is 12.6 Å². The number of carbonyl (C=O) groups excluding carboxylic acids is 1. The maximum Gasteiger partial charge on any atom is 0.323 e. The van der Waals surface area contributed by atoms with Crippen molar-refractivity contribution in [1.82, 2.24) is 10.1 Å². The normalized spacial score (nSPS) is 11.9. The summed E-state index contributed by atoms with van der Waals surface area (Å²) in [6.45, 7) is 2.07. The van der Waals surface area contributed by atoms with Gasteiger partial charge in [-0.25, -0.2) is 0 Å². The highest BCUT2D eigenvalue weighted by Crippen LogP contribution is 2.25. The van der Waals surface area contributed by atoms with Gasteiger partial charge in [0.05, 0.1) is 6.61 Å². The lowest BCUT2D eigenvalue weighted by molar-refractivity contribution is -0.144. The molecule has 2 rings (SSSR count). The summed E-state index contributed by atoms with van der Waals surface area (Å²) in [7, 11) is 3.60. The van der Waals surface area contributed by atoms with Gasteiger partial charge in [0.1, 0.15) is 0 Å². The molecule has 0 aliphatic rings. The summed E-state index contributed by atoms with van der Waals surface area (Å²) >= 11 is 0. The number of carbonyl (C=O) groups is 1. The van der Waals surface area contributed by atoms with Gasteiger partial charge in [-0.2, -0.15) is 4.98 Å². The molecule has 106 valence electrons. The molecule has 1 aromatic heterocycles. The molecule has 1 unspecified atom stereocenters. The van der Waals surface area contributed by atoms with Gasteiger partial charge in [0.2, 0.25) is 5.89 Å². The topological polar surface area (TPSA) is 68.5 Å². The van der Waals surface area contributed by atoms with Crippen LogP contribution in [0.15, 0.2) is 34.9 Å². The predicted octanol–water partition coefficient (Wildman–Crippen LogP) is 1.83. The predicted molar refractivity (Wildman–Crippen MR) is 73.5 cm³/mol. The molecule has 6 heteroatoms. The number of benzene rings is 1. The third kappa shape index (κ3) is 2.96. The molecule has 1 aromatic carbocycles. The molecule has 2 aromatic rings. The molecule has 0 saturated carbocycles. The van der Waals surface area contributed by atoms with Crippen molar-refractivity contribution in [2.24, 2.45) is 0 Å². The second kappa shape index (κ2) is 6.18. The van der Waals surface area contributed by atoms with Crippen LogP contribution < -0.4 is 4.90 Å². The van der Waals surface area contributed by atoms with Crippen LogP contribution in [0, 0.1) is 0 Å². The largest absolute Gasteiger partial charge is 0.465 e. The summed E-state index contributed by atoms with van der Waals surface area (Å²) < 4.78 is 10.3. The lowest BCUT2D eigenvalue weighted by Gasteiger charge is -2.11. The van der Waals surface area contributed by atoms with E-state index in [1.807, 2.05) is 30.3 Å². The molecular weight excluding hydrogens is 258 g/mol. The number of hydrogen-bond acceptors (Lipinski definition) is 6. The molecule has 0 aliphatic heterocycles. The van der Waals surface area contributed by atoms with Gasteiger partial charge in [0, 0.05) is 14.1 Å². The first kappa shape index (κ1) is 14.0. The third-order valence-corrected chi connectivity index (χ3v) is 2.73. The van der Waals surface area contributed by atoms with E-state index in [0.717, 1.165) is 5.56 Å². The summed E-state index contributed by atoms with van der Waals surface area (Å²) in [5.74, 6) is -0.436. The minimum Gasteiger partial charge on any atom is -0.465 e. The number of rotatable bonds is 5. The molecule has 0 aliphatic carbocycles. The molecule has 0 spiro atoms. The smallest absolute Gasteiger partial charge is 0.323 e. The van der Waals surface area contributed by atoms with E-state index < -0.39 is 11.9 Å². The molecule has 0 radical (unpaired) electrons. The first-order valence-corrected chi connectivity index (χ1v) is 6.36. The first-order valence-electron chi connectivity index (χ1n) is 6.36. The van der Waals surface area contributed by atoms with E-state index in [-0.39, 0.29) is 5.89 Å². The summed E-state index contributed by atoms with van der Waals surface area (Å²) in [4.78, 5) is 18.1. The highest BCUT2D eigenvalue weighted by molar-refractivity contribution is 5.80. The van der Waals surface area contributed by atoms with E-state index in [2.05, 4.69) is 10.1 Å². The fraction of sp³-hybridized carbons (Fsp3) is 0.357. The second-order valence-corrected chi connectivity index (χ2v) is 4.42. The zero-order valence-corrected chi connectivity index (χ0v) is 11.7. The van der Waals surface area contributed by atoms with Crippen LogP contribution in [-0.4, -0.2) is 36.8 Å². The van der Waals surface area contributed by atoms with Crippen molar-refractivity contribution < 1.29 is 14.1 Å². The minimum atomic E-state index is -0.697. The van der Waals surface area contributed by atoms with Gasteiger partial charge in [0.25, 0.3) is 5.95 Å². The van der Waals surface area contributed by atoms with Crippen molar-refractivity contribution in [2.45, 2.75) is 12.8 Å². The molecule has 0 amide bonds. The van der Waals surface area contributed by atoms with Gasteiger partial charge in [-0.15, -0.1) is 0 Å². The summed E-state index contributed by atoms with van der Waals surface area (Å²) in [5, 5.41) is 3.84. The van der Waals surface area contributed by atoms with Gasteiger partial charge >= 0.3 is 5.97 Å². The van der Waals surface area contributed by atoms with Gasteiger partial charge in [-0.3, -0.25) is 4.79 Å². The molecule has 6 nitrogen and oxygen atoms in total. The number of esters is 1. The van der Waals surface area contributed by atoms with Gasteiger partial charge in [-0.05, 0) is 17.6 Å². The second-order valence-electron chi connectivity index (χ2n) is 4.42. The van der Waals surface area contributed by atoms with Gasteiger partial charge < -0.3 is 14.2 Å². The Labute approximate surface area is 117 Å². The van der Waals surface area contributed by atoms with Crippen molar-refractivity contribution in [3.05, 3.63) is 41.8 Å². The molecule has 1 atom stereocenters. The standard InChI is InChI=1S/C14H17N3O3/c1-4-19-13(18)11(10-8-6-5-7-9-10)12-15-14(16-20-12)17(2)3/h5-9,11H,4H2,1-3H3. The fourth-order valence-corrected chi connectivity index (χ4v) is 1.78. The van der Waals surface area contributed by atoms with Crippen LogP contribution in [0.2, 0.25) is 0 Å². The van der Waals surface area contributed by atoms with E-state index in [1.165, 1.54) is 0 Å². The zero-order chi connectivity index (χ0) is 14.5. The van der Waals surface area contributed by atoms with Crippen molar-refractivity contribution >= 4 is 11.9 Å². The van der Waals surface area contributed by atoms with Crippen molar-refractivity contribution in [3.63, 3.8) is 0 Å². The number of ether oxygens (including phenoxy) is 1. The molecular formula is C14H17N3O3. The van der Waals surface area contributed by atoms with Crippen molar-refractivity contribution in [2.75, 3.05) is 25.6 Å². The zero-order valence-electron chi connectivity index (χ0n) is 11.7. The number of hydrogen-bond donors (Lipinski definition) is 0. The van der Waals surface area contributed by atoms with Gasteiger partial charge in [0.15, 0.2) is 5.92 Å². The SMILES string of the molecule is CCOC(=O)C(c1ccccc1)c1nc(N(C)C)no1. The van der Waals surface area contributed by atoms with Crippen molar-refractivity contribution in [1.29, 1.82) is 0 Å². The molecule has 0 N–H and O–H groups in total.